The Morgan fingerprint density at radius 2 is 2.05 bits per heavy atom. The summed E-state index contributed by atoms with van der Waals surface area (Å²) in [6, 6.07) is 8.18. The molecule has 0 aliphatic heterocycles. The molecule has 1 saturated carbocycles. The molecule has 1 aromatic rings. The Balaban J connectivity index is 2.02. The van der Waals surface area contributed by atoms with Gasteiger partial charge in [0.05, 0.1) is 12.0 Å². The predicted octanol–water partition coefficient (Wildman–Crippen LogP) is 1.87. The molecule has 4 heteroatoms. The third-order valence-corrected chi connectivity index (χ3v) is 4.02. The summed E-state index contributed by atoms with van der Waals surface area (Å²) in [6.07, 6.45) is 2.04. The number of carbonyl (C=O) groups is 1. The molecule has 1 aromatic carbocycles. The Morgan fingerprint density at radius 1 is 1.30 bits per heavy atom. The summed E-state index contributed by atoms with van der Waals surface area (Å²) >= 11 is 0. The minimum Gasteiger partial charge on any atom is -0.392 e. The second-order valence-corrected chi connectivity index (χ2v) is 5.86. The first-order valence-electron chi connectivity index (χ1n) is 7.18. The summed E-state index contributed by atoms with van der Waals surface area (Å²) in [5.41, 5.74) is 2.24. The van der Waals surface area contributed by atoms with Crippen molar-refractivity contribution < 1.29 is 9.90 Å². The number of benzene rings is 1. The Morgan fingerprint density at radius 3 is 2.65 bits per heavy atom. The number of hydrogen-bond donors (Lipinski definition) is 1. The summed E-state index contributed by atoms with van der Waals surface area (Å²) in [4.78, 5) is 16.1. The molecule has 1 N–H and O–H groups in total. The van der Waals surface area contributed by atoms with E-state index in [1.807, 2.05) is 44.2 Å². The molecule has 2 atom stereocenters. The molecule has 4 nitrogen and oxygen atoms in total. The first-order valence-corrected chi connectivity index (χ1v) is 7.18. The van der Waals surface area contributed by atoms with Crippen molar-refractivity contribution in [3.05, 3.63) is 29.8 Å². The van der Waals surface area contributed by atoms with E-state index in [0.29, 0.717) is 6.54 Å². The highest BCUT2D eigenvalue weighted by molar-refractivity contribution is 5.79. The maximum atomic E-state index is 12.3. The van der Waals surface area contributed by atoms with Gasteiger partial charge in [-0.3, -0.25) is 4.79 Å². The average Bonchev–Trinajstić information content (AvgIpc) is 2.84. The van der Waals surface area contributed by atoms with E-state index in [0.717, 1.165) is 30.5 Å². The highest BCUT2D eigenvalue weighted by Gasteiger charge is 2.33. The summed E-state index contributed by atoms with van der Waals surface area (Å²) in [5.74, 6) is -0.151. The fourth-order valence-corrected chi connectivity index (χ4v) is 2.80. The number of amides is 1. The summed E-state index contributed by atoms with van der Waals surface area (Å²) in [5, 5.41) is 9.84. The van der Waals surface area contributed by atoms with Crippen molar-refractivity contribution in [1.29, 1.82) is 0 Å². The molecular weight excluding hydrogens is 252 g/mol. The average molecular weight is 276 g/mol. The molecule has 0 bridgehead atoms. The number of carbonyl (C=O) groups excluding carboxylic acids is 1. The fraction of sp³-hybridized carbons (Fsp3) is 0.562. The molecule has 0 spiro atoms. The van der Waals surface area contributed by atoms with Crippen molar-refractivity contribution in [1.82, 2.24) is 4.90 Å². The second kappa shape index (κ2) is 6.27. The lowest BCUT2D eigenvalue weighted by Gasteiger charge is -2.23. The SMILES string of the molecule is CN(Cc1cccc(N(C)C)c1)C(=O)C1CCCC1O. The molecule has 0 radical (unpaired) electrons. The quantitative estimate of drug-likeness (QED) is 0.913. The van der Waals surface area contributed by atoms with Crippen molar-refractivity contribution >= 4 is 11.6 Å². The van der Waals surface area contributed by atoms with Gasteiger partial charge in [-0.1, -0.05) is 12.1 Å². The molecule has 0 heterocycles. The van der Waals surface area contributed by atoms with E-state index in [2.05, 4.69) is 6.07 Å². The fourth-order valence-electron chi connectivity index (χ4n) is 2.80. The normalized spacial score (nSPS) is 21.8. The first kappa shape index (κ1) is 14.9. The minimum absolute atomic E-state index is 0.0604. The number of rotatable bonds is 4. The van der Waals surface area contributed by atoms with Crippen LogP contribution in [0.2, 0.25) is 0 Å². The molecule has 2 rings (SSSR count). The molecule has 110 valence electrons. The monoisotopic (exact) mass is 276 g/mol. The smallest absolute Gasteiger partial charge is 0.228 e. The molecule has 0 aromatic heterocycles. The Kier molecular flexibility index (Phi) is 4.65. The van der Waals surface area contributed by atoms with E-state index in [1.165, 1.54) is 0 Å². The lowest BCUT2D eigenvalue weighted by atomic mass is 10.0. The molecule has 1 amide bonds. The van der Waals surface area contributed by atoms with Crippen LogP contribution in [0, 0.1) is 5.92 Å². The van der Waals surface area contributed by atoms with Crippen LogP contribution >= 0.6 is 0 Å². The first-order chi connectivity index (χ1) is 9.49. The molecule has 0 saturated heterocycles. The van der Waals surface area contributed by atoms with Gasteiger partial charge < -0.3 is 14.9 Å². The Hall–Kier alpha value is -1.55. The van der Waals surface area contributed by atoms with Crippen LogP contribution in [0.5, 0.6) is 0 Å². The van der Waals surface area contributed by atoms with E-state index in [4.69, 9.17) is 0 Å². The van der Waals surface area contributed by atoms with Gasteiger partial charge in [-0.2, -0.15) is 0 Å². The van der Waals surface area contributed by atoms with Crippen LogP contribution in [-0.4, -0.2) is 43.2 Å². The van der Waals surface area contributed by atoms with Gasteiger partial charge in [-0.15, -0.1) is 0 Å². The van der Waals surface area contributed by atoms with Crippen LogP contribution in [0.4, 0.5) is 5.69 Å². The van der Waals surface area contributed by atoms with Gasteiger partial charge in [0.25, 0.3) is 0 Å². The highest BCUT2D eigenvalue weighted by Crippen LogP contribution is 2.27. The predicted molar refractivity (Wildman–Crippen MR) is 80.6 cm³/mol. The summed E-state index contributed by atoms with van der Waals surface area (Å²) in [6.45, 7) is 0.587. The number of aliphatic hydroxyl groups is 1. The van der Waals surface area contributed by atoms with Gasteiger partial charge in [0.2, 0.25) is 5.91 Å². The topological polar surface area (TPSA) is 43.8 Å². The van der Waals surface area contributed by atoms with Crippen LogP contribution in [0.3, 0.4) is 0 Å². The number of aliphatic hydroxyl groups excluding tert-OH is 1. The molecule has 1 aliphatic rings. The number of nitrogens with zero attached hydrogens (tertiary/aromatic N) is 2. The zero-order valence-corrected chi connectivity index (χ0v) is 12.5. The maximum absolute atomic E-state index is 12.3. The van der Waals surface area contributed by atoms with E-state index < -0.39 is 6.10 Å². The standard InChI is InChI=1S/C16H24N2O2/c1-17(2)13-7-4-6-12(10-13)11-18(3)16(20)14-8-5-9-15(14)19/h4,6-7,10,14-15,19H,5,8-9,11H2,1-3H3. The Labute approximate surface area is 121 Å². The van der Waals surface area contributed by atoms with Crippen LogP contribution in [0.1, 0.15) is 24.8 Å². The van der Waals surface area contributed by atoms with Crippen LogP contribution in [0.15, 0.2) is 24.3 Å². The number of anilines is 1. The zero-order valence-electron chi connectivity index (χ0n) is 12.5. The summed E-state index contributed by atoms with van der Waals surface area (Å²) in [7, 11) is 5.82. The van der Waals surface area contributed by atoms with Crippen molar-refractivity contribution in [2.45, 2.75) is 31.9 Å². The zero-order chi connectivity index (χ0) is 14.7. The van der Waals surface area contributed by atoms with Crippen molar-refractivity contribution in [2.75, 3.05) is 26.0 Å². The lowest BCUT2D eigenvalue weighted by molar-refractivity contribution is -0.137. The van der Waals surface area contributed by atoms with E-state index >= 15 is 0 Å². The van der Waals surface area contributed by atoms with Crippen LogP contribution in [-0.2, 0) is 11.3 Å². The molecule has 20 heavy (non-hydrogen) atoms. The van der Waals surface area contributed by atoms with E-state index in [9.17, 15) is 9.90 Å². The van der Waals surface area contributed by atoms with Gasteiger partial charge in [-0.25, -0.2) is 0 Å². The lowest BCUT2D eigenvalue weighted by Crippen LogP contribution is -2.36. The van der Waals surface area contributed by atoms with Crippen molar-refractivity contribution in [3.8, 4) is 0 Å². The minimum atomic E-state index is -0.460. The van der Waals surface area contributed by atoms with Crippen molar-refractivity contribution in [3.63, 3.8) is 0 Å². The Bertz CT molecular complexity index is 473. The second-order valence-electron chi connectivity index (χ2n) is 5.86. The molecule has 1 fully saturated rings. The van der Waals surface area contributed by atoms with Gasteiger partial charge in [0.15, 0.2) is 0 Å². The molecule has 2 unspecified atom stereocenters. The van der Waals surface area contributed by atoms with Gasteiger partial charge >= 0.3 is 0 Å². The highest BCUT2D eigenvalue weighted by atomic mass is 16.3. The van der Waals surface area contributed by atoms with Crippen LogP contribution < -0.4 is 4.90 Å². The van der Waals surface area contributed by atoms with Gasteiger partial charge in [0, 0.05) is 33.4 Å². The van der Waals surface area contributed by atoms with E-state index in [1.54, 1.807) is 4.90 Å². The number of hydrogen-bond acceptors (Lipinski definition) is 3. The largest absolute Gasteiger partial charge is 0.392 e. The van der Waals surface area contributed by atoms with Gasteiger partial charge in [-0.05, 0) is 37.0 Å². The van der Waals surface area contributed by atoms with Crippen molar-refractivity contribution in [2.24, 2.45) is 5.92 Å². The third-order valence-electron chi connectivity index (χ3n) is 4.02. The molecular formula is C16H24N2O2. The molecule has 1 aliphatic carbocycles. The third kappa shape index (κ3) is 3.31. The van der Waals surface area contributed by atoms with Crippen LogP contribution in [0.25, 0.3) is 0 Å². The van der Waals surface area contributed by atoms with E-state index in [-0.39, 0.29) is 11.8 Å². The van der Waals surface area contributed by atoms with Gasteiger partial charge in [0.1, 0.15) is 0 Å². The summed E-state index contributed by atoms with van der Waals surface area (Å²) < 4.78 is 0. The maximum Gasteiger partial charge on any atom is 0.228 e.